The van der Waals surface area contributed by atoms with Crippen LogP contribution in [-0.4, -0.2) is 46.7 Å². The van der Waals surface area contributed by atoms with E-state index >= 15 is 0 Å². The van der Waals surface area contributed by atoms with Gasteiger partial charge in [-0.15, -0.1) is 0 Å². The van der Waals surface area contributed by atoms with Crippen molar-refractivity contribution >= 4 is 6.03 Å². The average Bonchev–Trinajstić information content (AvgIpc) is 3.18. The predicted octanol–water partition coefficient (Wildman–Crippen LogP) is 2.92. The number of rotatable bonds is 3. The molecule has 138 valence electrons. The van der Waals surface area contributed by atoms with E-state index in [0.717, 1.165) is 11.1 Å². The Kier molecular flexibility index (Phi) is 3.82. The topological polar surface area (TPSA) is 80.5 Å². The number of ether oxygens (including phenoxy) is 1. The van der Waals surface area contributed by atoms with Gasteiger partial charge in [0.25, 0.3) is 5.92 Å². The molecule has 1 N–H and O–H groups in total. The van der Waals surface area contributed by atoms with Crippen LogP contribution >= 0.6 is 0 Å². The third-order valence-corrected chi connectivity index (χ3v) is 4.81. The average molecular weight is 364 g/mol. The maximum atomic E-state index is 13.0. The van der Waals surface area contributed by atoms with Crippen LogP contribution in [0.3, 0.4) is 0 Å². The quantitative estimate of drug-likeness (QED) is 0.906. The van der Waals surface area contributed by atoms with Crippen LogP contribution < -0.4 is 10.1 Å². The van der Waals surface area contributed by atoms with Gasteiger partial charge in [-0.05, 0) is 6.07 Å². The molecule has 1 aromatic carbocycles. The van der Waals surface area contributed by atoms with Gasteiger partial charge in [-0.1, -0.05) is 17.3 Å². The standard InChI is InChI=1S/C17H18F2N4O3/c1-9-20-15(22-26-9)10-3-4-12-13(8-25-14(12)5-10)21-16(24)23(2)11-6-17(18,19)7-11/h3-5,11,13H,6-8H2,1-2H3,(H,21,24)/t13-/m1/s1. The van der Waals surface area contributed by atoms with Crippen molar-refractivity contribution in [3.63, 3.8) is 0 Å². The predicted molar refractivity (Wildman–Crippen MR) is 87.0 cm³/mol. The molecule has 0 bridgehead atoms. The van der Waals surface area contributed by atoms with Crippen LogP contribution in [0, 0.1) is 6.92 Å². The van der Waals surface area contributed by atoms with Gasteiger partial charge < -0.3 is 19.5 Å². The lowest BCUT2D eigenvalue weighted by Gasteiger charge is -2.40. The van der Waals surface area contributed by atoms with Crippen molar-refractivity contribution in [2.24, 2.45) is 0 Å². The van der Waals surface area contributed by atoms with Crippen molar-refractivity contribution in [2.75, 3.05) is 13.7 Å². The zero-order valence-corrected chi connectivity index (χ0v) is 14.3. The SMILES string of the molecule is Cc1nc(-c2ccc3c(c2)OC[C@H]3NC(=O)N(C)C2CC(F)(F)C2)no1. The van der Waals surface area contributed by atoms with Gasteiger partial charge in [-0.25, -0.2) is 13.6 Å². The molecule has 4 rings (SSSR count). The lowest BCUT2D eigenvalue weighted by molar-refractivity contribution is -0.111. The first-order chi connectivity index (χ1) is 12.3. The highest BCUT2D eigenvalue weighted by molar-refractivity contribution is 5.75. The molecule has 1 fully saturated rings. The summed E-state index contributed by atoms with van der Waals surface area (Å²) in [4.78, 5) is 17.8. The van der Waals surface area contributed by atoms with E-state index in [4.69, 9.17) is 9.26 Å². The maximum absolute atomic E-state index is 13.0. The van der Waals surface area contributed by atoms with E-state index in [-0.39, 0.29) is 31.5 Å². The van der Waals surface area contributed by atoms with Crippen LogP contribution in [0.25, 0.3) is 11.4 Å². The van der Waals surface area contributed by atoms with Crippen molar-refractivity contribution in [3.05, 3.63) is 29.7 Å². The molecule has 7 nitrogen and oxygen atoms in total. The molecule has 0 unspecified atom stereocenters. The number of aromatic nitrogens is 2. The molecule has 26 heavy (non-hydrogen) atoms. The molecule has 1 aliphatic carbocycles. The summed E-state index contributed by atoms with van der Waals surface area (Å²) < 4.78 is 36.6. The Morgan fingerprint density at radius 1 is 1.38 bits per heavy atom. The van der Waals surface area contributed by atoms with Gasteiger partial charge in [0.2, 0.25) is 11.7 Å². The number of hydrogen-bond acceptors (Lipinski definition) is 5. The summed E-state index contributed by atoms with van der Waals surface area (Å²) >= 11 is 0. The molecular weight excluding hydrogens is 346 g/mol. The van der Waals surface area contributed by atoms with Crippen LogP contribution in [0.2, 0.25) is 0 Å². The monoisotopic (exact) mass is 364 g/mol. The van der Waals surface area contributed by atoms with E-state index in [0.29, 0.717) is 17.5 Å². The van der Waals surface area contributed by atoms with Crippen LogP contribution in [0.5, 0.6) is 5.75 Å². The Bertz CT molecular complexity index is 846. The van der Waals surface area contributed by atoms with E-state index < -0.39 is 12.0 Å². The molecule has 0 saturated heterocycles. The van der Waals surface area contributed by atoms with Gasteiger partial charge in [0, 0.05) is 44.0 Å². The van der Waals surface area contributed by atoms with E-state index in [1.54, 1.807) is 13.0 Å². The third kappa shape index (κ3) is 2.97. The minimum absolute atomic E-state index is 0.282. The van der Waals surface area contributed by atoms with Gasteiger partial charge in [-0.3, -0.25) is 0 Å². The summed E-state index contributed by atoms with van der Waals surface area (Å²) in [5.74, 6) is -1.09. The van der Waals surface area contributed by atoms with Crippen LogP contribution in [-0.2, 0) is 0 Å². The Balaban J connectivity index is 1.44. The fraction of sp³-hybridized carbons (Fsp3) is 0.471. The van der Waals surface area contributed by atoms with E-state index in [9.17, 15) is 13.6 Å². The summed E-state index contributed by atoms with van der Waals surface area (Å²) in [6, 6.07) is 4.31. The number of carbonyl (C=O) groups is 1. The largest absolute Gasteiger partial charge is 0.491 e. The minimum Gasteiger partial charge on any atom is -0.491 e. The molecule has 2 aromatic rings. The number of nitrogens with one attached hydrogen (secondary N) is 1. The number of halogens is 2. The molecule has 1 aliphatic heterocycles. The van der Waals surface area contributed by atoms with Gasteiger partial charge in [0.05, 0.1) is 6.04 Å². The molecule has 1 aromatic heterocycles. The smallest absolute Gasteiger partial charge is 0.317 e. The third-order valence-electron chi connectivity index (χ3n) is 4.81. The second-order valence-corrected chi connectivity index (χ2v) is 6.73. The number of benzene rings is 1. The van der Waals surface area contributed by atoms with Crippen molar-refractivity contribution < 1.29 is 22.8 Å². The summed E-state index contributed by atoms with van der Waals surface area (Å²) in [6.07, 6.45) is -0.579. The van der Waals surface area contributed by atoms with Crippen molar-refractivity contribution in [2.45, 2.75) is 37.8 Å². The Labute approximate surface area is 148 Å². The number of alkyl halides is 2. The number of hydrogen-bond donors (Lipinski definition) is 1. The molecule has 0 radical (unpaired) electrons. The van der Waals surface area contributed by atoms with E-state index in [1.165, 1.54) is 11.9 Å². The Hall–Kier alpha value is -2.71. The Morgan fingerprint density at radius 2 is 2.15 bits per heavy atom. The van der Waals surface area contributed by atoms with Gasteiger partial charge in [0.1, 0.15) is 12.4 Å². The second-order valence-electron chi connectivity index (χ2n) is 6.73. The summed E-state index contributed by atoms with van der Waals surface area (Å²) in [7, 11) is 1.54. The molecule has 2 aliphatic rings. The highest BCUT2D eigenvalue weighted by Crippen LogP contribution is 2.40. The molecule has 0 spiro atoms. The van der Waals surface area contributed by atoms with Gasteiger partial charge in [0.15, 0.2) is 0 Å². The molecule has 9 heteroatoms. The number of aryl methyl sites for hydroxylation is 1. The summed E-state index contributed by atoms with van der Waals surface area (Å²) in [5, 5.41) is 6.71. The molecular formula is C17H18F2N4O3. The summed E-state index contributed by atoms with van der Waals surface area (Å²) in [6.45, 7) is 1.99. The first kappa shape index (κ1) is 16.7. The zero-order chi connectivity index (χ0) is 18.5. The number of urea groups is 1. The molecule has 2 amide bonds. The molecule has 2 heterocycles. The Morgan fingerprint density at radius 3 is 2.81 bits per heavy atom. The molecule has 1 atom stereocenters. The first-order valence-corrected chi connectivity index (χ1v) is 8.31. The van der Waals surface area contributed by atoms with Crippen molar-refractivity contribution in [3.8, 4) is 17.1 Å². The first-order valence-electron chi connectivity index (χ1n) is 8.31. The number of nitrogens with zero attached hydrogens (tertiary/aromatic N) is 3. The fourth-order valence-corrected chi connectivity index (χ4v) is 3.21. The number of fused-ring (bicyclic) bond motifs is 1. The summed E-state index contributed by atoms with van der Waals surface area (Å²) in [5.41, 5.74) is 1.58. The zero-order valence-electron chi connectivity index (χ0n) is 14.3. The fourth-order valence-electron chi connectivity index (χ4n) is 3.21. The molecule has 1 saturated carbocycles. The number of carbonyl (C=O) groups excluding carboxylic acids is 1. The van der Waals surface area contributed by atoms with Crippen molar-refractivity contribution in [1.29, 1.82) is 0 Å². The minimum atomic E-state index is -2.66. The van der Waals surface area contributed by atoms with Gasteiger partial charge in [-0.2, -0.15) is 4.98 Å². The van der Waals surface area contributed by atoms with Crippen molar-refractivity contribution in [1.82, 2.24) is 20.4 Å². The van der Waals surface area contributed by atoms with E-state index in [1.807, 2.05) is 12.1 Å². The second kappa shape index (κ2) is 5.93. The highest BCUT2D eigenvalue weighted by Gasteiger charge is 2.48. The van der Waals surface area contributed by atoms with Crippen LogP contribution in [0.1, 0.15) is 30.3 Å². The van der Waals surface area contributed by atoms with Crippen LogP contribution in [0.4, 0.5) is 13.6 Å². The maximum Gasteiger partial charge on any atom is 0.317 e. The highest BCUT2D eigenvalue weighted by atomic mass is 19.3. The lowest BCUT2D eigenvalue weighted by atomic mass is 9.87. The van der Waals surface area contributed by atoms with Gasteiger partial charge >= 0.3 is 6.03 Å². The lowest BCUT2D eigenvalue weighted by Crippen LogP contribution is -2.54. The normalized spacial score (nSPS) is 20.8. The number of amides is 2. The van der Waals surface area contributed by atoms with E-state index in [2.05, 4.69) is 15.5 Å². The van der Waals surface area contributed by atoms with Crippen LogP contribution in [0.15, 0.2) is 22.7 Å².